The van der Waals surface area contributed by atoms with Gasteiger partial charge in [-0.3, -0.25) is 4.79 Å². The number of halogens is 1. The van der Waals surface area contributed by atoms with Crippen LogP contribution in [0.5, 0.6) is 11.5 Å². The molecule has 1 amide bonds. The summed E-state index contributed by atoms with van der Waals surface area (Å²) in [7, 11) is 1.46. The molecule has 0 aliphatic heterocycles. The van der Waals surface area contributed by atoms with Crippen LogP contribution in [0.1, 0.15) is 29.3 Å². The van der Waals surface area contributed by atoms with Crippen LogP contribution < -0.4 is 14.8 Å². The molecule has 2 rings (SSSR count). The van der Waals surface area contributed by atoms with E-state index < -0.39 is 5.97 Å². The fraction of sp³-hybridized carbons (Fsp3) is 0.333. The summed E-state index contributed by atoms with van der Waals surface area (Å²) in [6.07, 6.45) is 1.51. The van der Waals surface area contributed by atoms with Crippen molar-refractivity contribution in [2.24, 2.45) is 0 Å². The van der Waals surface area contributed by atoms with Gasteiger partial charge in [-0.1, -0.05) is 48.9 Å². The van der Waals surface area contributed by atoms with E-state index in [1.165, 1.54) is 19.2 Å². The number of rotatable bonds is 10. The standard InChI is InChI=1S/C21H24ClNO5/c1-3-11-27-20-17(22)12-16(13-18(20)26-2)21(25)28-14-19(24)23-10-9-15-7-5-4-6-8-15/h4-8,12-13H,3,9-11,14H2,1-2H3,(H,23,24). The molecule has 0 saturated heterocycles. The Hall–Kier alpha value is -2.73. The van der Waals surface area contributed by atoms with Gasteiger partial charge in [-0.2, -0.15) is 0 Å². The highest BCUT2D eigenvalue weighted by Crippen LogP contribution is 2.36. The van der Waals surface area contributed by atoms with E-state index in [9.17, 15) is 9.59 Å². The molecular formula is C21H24ClNO5. The Labute approximate surface area is 169 Å². The summed E-state index contributed by atoms with van der Waals surface area (Å²) in [6.45, 7) is 2.53. The minimum Gasteiger partial charge on any atom is -0.493 e. The molecule has 28 heavy (non-hydrogen) atoms. The third-order valence-corrected chi connectivity index (χ3v) is 4.11. The maximum atomic E-state index is 12.2. The molecule has 0 radical (unpaired) electrons. The summed E-state index contributed by atoms with van der Waals surface area (Å²) >= 11 is 6.19. The van der Waals surface area contributed by atoms with E-state index in [1.54, 1.807) is 0 Å². The lowest BCUT2D eigenvalue weighted by molar-refractivity contribution is -0.124. The average molecular weight is 406 g/mol. The molecule has 0 atom stereocenters. The Bertz CT molecular complexity index is 795. The normalized spacial score (nSPS) is 10.2. The number of hydrogen-bond donors (Lipinski definition) is 1. The first kappa shape index (κ1) is 21.6. The second kappa shape index (κ2) is 11.2. The fourth-order valence-electron chi connectivity index (χ4n) is 2.44. The van der Waals surface area contributed by atoms with Crippen LogP contribution in [0.25, 0.3) is 0 Å². The van der Waals surface area contributed by atoms with Crippen molar-refractivity contribution in [2.75, 3.05) is 26.9 Å². The van der Waals surface area contributed by atoms with Crippen molar-refractivity contribution in [3.05, 3.63) is 58.6 Å². The van der Waals surface area contributed by atoms with E-state index in [4.69, 9.17) is 25.8 Å². The lowest BCUT2D eigenvalue weighted by atomic mass is 10.1. The molecule has 0 unspecified atom stereocenters. The zero-order chi connectivity index (χ0) is 20.4. The largest absolute Gasteiger partial charge is 0.493 e. The Morgan fingerprint density at radius 1 is 1.14 bits per heavy atom. The molecule has 0 aliphatic rings. The van der Waals surface area contributed by atoms with Gasteiger partial charge in [-0.25, -0.2) is 4.79 Å². The molecule has 6 nitrogen and oxygen atoms in total. The zero-order valence-corrected chi connectivity index (χ0v) is 16.8. The molecule has 0 spiro atoms. The minimum absolute atomic E-state index is 0.183. The molecule has 0 bridgehead atoms. The van der Waals surface area contributed by atoms with E-state index in [1.807, 2.05) is 37.3 Å². The molecule has 0 heterocycles. The second-order valence-corrected chi connectivity index (χ2v) is 6.41. The molecule has 7 heteroatoms. The smallest absolute Gasteiger partial charge is 0.338 e. The van der Waals surface area contributed by atoms with Crippen molar-refractivity contribution in [2.45, 2.75) is 19.8 Å². The number of carbonyl (C=O) groups excluding carboxylic acids is 2. The van der Waals surface area contributed by atoms with E-state index in [2.05, 4.69) is 5.32 Å². The average Bonchev–Trinajstić information content (AvgIpc) is 2.71. The van der Waals surface area contributed by atoms with Gasteiger partial charge in [-0.15, -0.1) is 0 Å². The molecule has 0 aliphatic carbocycles. The summed E-state index contributed by atoms with van der Waals surface area (Å²) in [6, 6.07) is 12.7. The first-order chi connectivity index (χ1) is 13.5. The SMILES string of the molecule is CCCOc1c(Cl)cc(C(=O)OCC(=O)NCCc2ccccc2)cc1OC. The number of methoxy groups -OCH3 is 1. The van der Waals surface area contributed by atoms with E-state index in [-0.39, 0.29) is 23.1 Å². The number of nitrogens with one attached hydrogen (secondary N) is 1. The number of amides is 1. The fourth-order valence-corrected chi connectivity index (χ4v) is 2.70. The number of esters is 1. The molecule has 0 aromatic heterocycles. The Balaban J connectivity index is 1.86. The number of benzene rings is 2. The highest BCUT2D eigenvalue weighted by Gasteiger charge is 2.17. The van der Waals surface area contributed by atoms with Crippen LogP contribution in [0.3, 0.4) is 0 Å². The third-order valence-electron chi connectivity index (χ3n) is 3.83. The monoisotopic (exact) mass is 405 g/mol. The van der Waals surface area contributed by atoms with Gasteiger partial charge in [0.25, 0.3) is 5.91 Å². The Kier molecular flexibility index (Phi) is 8.62. The first-order valence-corrected chi connectivity index (χ1v) is 9.41. The van der Waals surface area contributed by atoms with Crippen LogP contribution in [-0.4, -0.2) is 38.7 Å². The van der Waals surface area contributed by atoms with Crippen LogP contribution in [0.15, 0.2) is 42.5 Å². The van der Waals surface area contributed by atoms with Gasteiger partial charge < -0.3 is 19.5 Å². The van der Waals surface area contributed by atoms with Gasteiger partial charge in [0.15, 0.2) is 18.1 Å². The van der Waals surface area contributed by atoms with Crippen molar-refractivity contribution in [3.8, 4) is 11.5 Å². The lowest BCUT2D eigenvalue weighted by Gasteiger charge is -2.13. The van der Waals surface area contributed by atoms with E-state index >= 15 is 0 Å². The summed E-state index contributed by atoms with van der Waals surface area (Å²) < 4.78 is 15.8. The van der Waals surface area contributed by atoms with Gasteiger partial charge in [0, 0.05) is 6.54 Å². The summed E-state index contributed by atoms with van der Waals surface area (Å²) in [5, 5.41) is 2.96. The van der Waals surface area contributed by atoms with Crippen LogP contribution in [-0.2, 0) is 16.0 Å². The lowest BCUT2D eigenvalue weighted by Crippen LogP contribution is -2.30. The van der Waals surface area contributed by atoms with Crippen molar-refractivity contribution in [1.82, 2.24) is 5.32 Å². The van der Waals surface area contributed by atoms with Gasteiger partial charge in [0.2, 0.25) is 0 Å². The molecule has 1 N–H and O–H groups in total. The third kappa shape index (κ3) is 6.46. The van der Waals surface area contributed by atoms with Crippen LogP contribution >= 0.6 is 11.6 Å². The number of ether oxygens (including phenoxy) is 3. The Morgan fingerprint density at radius 2 is 1.89 bits per heavy atom. The predicted molar refractivity (Wildman–Crippen MR) is 107 cm³/mol. The molecular weight excluding hydrogens is 382 g/mol. The molecule has 0 fully saturated rings. The minimum atomic E-state index is -0.666. The predicted octanol–water partition coefficient (Wildman–Crippen LogP) is 3.65. The Morgan fingerprint density at radius 3 is 2.57 bits per heavy atom. The van der Waals surface area contributed by atoms with E-state index in [0.29, 0.717) is 31.1 Å². The van der Waals surface area contributed by atoms with Crippen LogP contribution in [0.2, 0.25) is 5.02 Å². The van der Waals surface area contributed by atoms with Crippen LogP contribution in [0, 0.1) is 0 Å². The molecule has 2 aromatic carbocycles. The first-order valence-electron chi connectivity index (χ1n) is 9.03. The quantitative estimate of drug-likeness (QED) is 0.611. The highest BCUT2D eigenvalue weighted by atomic mass is 35.5. The topological polar surface area (TPSA) is 73.9 Å². The van der Waals surface area contributed by atoms with Crippen molar-refractivity contribution in [1.29, 1.82) is 0 Å². The maximum absolute atomic E-state index is 12.2. The number of hydrogen-bond acceptors (Lipinski definition) is 5. The van der Waals surface area contributed by atoms with Gasteiger partial charge in [0.1, 0.15) is 0 Å². The van der Waals surface area contributed by atoms with E-state index in [0.717, 1.165) is 12.0 Å². The van der Waals surface area contributed by atoms with Crippen LogP contribution in [0.4, 0.5) is 0 Å². The summed E-state index contributed by atoms with van der Waals surface area (Å²) in [5.74, 6) is -0.327. The summed E-state index contributed by atoms with van der Waals surface area (Å²) in [5.41, 5.74) is 1.30. The van der Waals surface area contributed by atoms with Gasteiger partial charge in [-0.05, 0) is 30.5 Å². The molecule has 150 valence electrons. The number of carbonyl (C=O) groups is 2. The second-order valence-electron chi connectivity index (χ2n) is 6.00. The van der Waals surface area contributed by atoms with Gasteiger partial charge >= 0.3 is 5.97 Å². The molecule has 0 saturated carbocycles. The van der Waals surface area contributed by atoms with Crippen molar-refractivity contribution >= 4 is 23.5 Å². The highest BCUT2D eigenvalue weighted by molar-refractivity contribution is 6.32. The zero-order valence-electron chi connectivity index (χ0n) is 16.0. The maximum Gasteiger partial charge on any atom is 0.338 e. The van der Waals surface area contributed by atoms with Crippen molar-refractivity contribution < 1.29 is 23.8 Å². The van der Waals surface area contributed by atoms with Gasteiger partial charge in [0.05, 0.1) is 24.3 Å². The summed E-state index contributed by atoms with van der Waals surface area (Å²) in [4.78, 5) is 24.1. The molecule has 2 aromatic rings. The van der Waals surface area contributed by atoms with Crippen molar-refractivity contribution in [3.63, 3.8) is 0 Å².